The van der Waals surface area contributed by atoms with E-state index in [9.17, 15) is 25.9 Å². The first-order valence-corrected chi connectivity index (χ1v) is 20.5. The quantitative estimate of drug-likeness (QED) is 0.0593. The van der Waals surface area contributed by atoms with Gasteiger partial charge in [-0.25, -0.2) is 16.8 Å². The van der Waals surface area contributed by atoms with Gasteiger partial charge in [0.2, 0.25) is 11.4 Å². The predicted molar refractivity (Wildman–Crippen MR) is 205 cm³/mol. The Morgan fingerprint density at radius 1 is 0.466 bits per heavy atom. The number of nitrogens with zero attached hydrogens (tertiary/aromatic N) is 2. The zero-order valence-electron chi connectivity index (χ0n) is 32.1. The Morgan fingerprint density at radius 3 is 1.12 bits per heavy atom. The maximum absolute atomic E-state index is 12.2. The third-order valence-corrected chi connectivity index (χ3v) is 11.8. The van der Waals surface area contributed by atoms with Crippen molar-refractivity contribution in [1.29, 1.82) is 0 Å². The molecule has 0 amide bonds. The molecule has 0 radical (unpaired) electrons. The summed E-state index contributed by atoms with van der Waals surface area (Å²) in [5, 5.41) is 0. The van der Waals surface area contributed by atoms with Crippen molar-refractivity contribution in [1.82, 2.24) is 0 Å². The summed E-state index contributed by atoms with van der Waals surface area (Å²) >= 11 is 0. The van der Waals surface area contributed by atoms with Gasteiger partial charge in [-0.05, 0) is 58.7 Å². The summed E-state index contributed by atoms with van der Waals surface area (Å²) in [4.78, 5) is -0.529. The van der Waals surface area contributed by atoms with Crippen molar-refractivity contribution in [2.45, 2.75) is 47.6 Å². The van der Waals surface area contributed by atoms with E-state index in [1.54, 1.807) is 48.6 Å². The minimum Gasteiger partial charge on any atom is -1.00 e. The summed E-state index contributed by atoms with van der Waals surface area (Å²) in [6, 6.07) is 44.3. The Balaban J connectivity index is 0.00000225. The summed E-state index contributed by atoms with van der Waals surface area (Å²) in [5.41, 5.74) is 5.84. The zero-order valence-corrected chi connectivity index (χ0v) is 40.9. The van der Waals surface area contributed by atoms with Gasteiger partial charge >= 0.3 is 59.1 Å². The van der Waals surface area contributed by atoms with E-state index in [1.807, 2.05) is 97.1 Å². The SMILES string of the molecule is O=S(=O)([O-])c1ccccc1/C=C(\c1ccccc1)c1cccc[n+]1C1CCC([n+]2ccccc2/C(=C/c2ccccc2S(=O)(=O)[O-])c2ccccc2)CC1.[Br-].[Br-].[Na+].[Na+]. The van der Waals surface area contributed by atoms with E-state index in [0.717, 1.165) is 59.3 Å². The van der Waals surface area contributed by atoms with Crippen molar-refractivity contribution >= 4 is 43.5 Å². The van der Waals surface area contributed by atoms with Crippen LogP contribution in [0, 0.1) is 0 Å². The number of rotatable bonds is 10. The predicted octanol–water partition coefficient (Wildman–Crippen LogP) is -4.38. The molecule has 0 saturated heterocycles. The molecule has 288 valence electrons. The Bertz CT molecular complexity index is 2410. The van der Waals surface area contributed by atoms with Gasteiger partial charge in [0, 0.05) is 49.9 Å². The second-order valence-electron chi connectivity index (χ2n) is 13.3. The molecule has 1 aliphatic carbocycles. The van der Waals surface area contributed by atoms with E-state index >= 15 is 0 Å². The molecule has 0 atom stereocenters. The number of benzene rings is 4. The Labute approximate surface area is 406 Å². The Morgan fingerprint density at radius 2 is 0.776 bits per heavy atom. The van der Waals surface area contributed by atoms with Crippen LogP contribution < -0.4 is 102 Å². The molecule has 1 saturated carbocycles. The van der Waals surface area contributed by atoms with Gasteiger partial charge in [-0.3, -0.25) is 0 Å². The van der Waals surface area contributed by atoms with Crippen LogP contribution in [0.5, 0.6) is 0 Å². The number of halogens is 2. The fraction of sp³-hybridized carbons (Fsp3) is 0.136. The maximum Gasteiger partial charge on any atom is 1.00 e. The molecule has 7 rings (SSSR count). The smallest absolute Gasteiger partial charge is 1.00 e. The molecule has 58 heavy (non-hydrogen) atoms. The van der Waals surface area contributed by atoms with Crippen LogP contribution in [-0.2, 0) is 20.2 Å². The molecule has 0 N–H and O–H groups in total. The molecule has 14 heteroatoms. The van der Waals surface area contributed by atoms with Gasteiger partial charge in [-0.15, -0.1) is 0 Å². The summed E-state index contributed by atoms with van der Waals surface area (Å²) in [7, 11) is -9.42. The van der Waals surface area contributed by atoms with Crippen LogP contribution in [0.15, 0.2) is 168 Å². The first kappa shape index (κ1) is 49.8. The van der Waals surface area contributed by atoms with Crippen LogP contribution >= 0.6 is 0 Å². The largest absolute Gasteiger partial charge is 1.00 e. The number of hydrogen-bond donors (Lipinski definition) is 0. The van der Waals surface area contributed by atoms with Crippen molar-refractivity contribution in [3.05, 3.63) is 192 Å². The summed E-state index contributed by atoms with van der Waals surface area (Å²) in [5.74, 6) is 0. The molecule has 1 fully saturated rings. The van der Waals surface area contributed by atoms with E-state index < -0.39 is 20.2 Å². The molecule has 0 unspecified atom stereocenters. The first-order chi connectivity index (χ1) is 26.1. The van der Waals surface area contributed by atoms with Gasteiger partial charge in [-0.2, -0.15) is 9.13 Å². The number of aromatic nitrogens is 2. The molecule has 2 heterocycles. The van der Waals surface area contributed by atoms with Crippen LogP contribution in [0.1, 0.15) is 71.4 Å². The van der Waals surface area contributed by atoms with Gasteiger partial charge in [0.25, 0.3) is 0 Å². The van der Waals surface area contributed by atoms with Gasteiger partial charge in [0.1, 0.15) is 20.2 Å². The van der Waals surface area contributed by atoms with Crippen LogP contribution in [0.2, 0.25) is 0 Å². The Hall–Kier alpha value is -2.56. The molecule has 1 aliphatic rings. The molecule has 8 nitrogen and oxygen atoms in total. The normalized spacial score (nSPS) is 15.8. The maximum atomic E-state index is 12.2. The molecule has 0 aliphatic heterocycles. The number of pyridine rings is 2. The van der Waals surface area contributed by atoms with E-state index in [-0.39, 0.29) is 115 Å². The van der Waals surface area contributed by atoms with Crippen molar-refractivity contribution in [2.24, 2.45) is 0 Å². The first-order valence-electron chi connectivity index (χ1n) is 17.7. The van der Waals surface area contributed by atoms with Gasteiger partial charge < -0.3 is 43.1 Å². The molecular formula is C44H38Br2N2Na2O6S2. The molecule has 0 spiro atoms. The fourth-order valence-corrected chi connectivity index (χ4v) is 8.75. The topological polar surface area (TPSA) is 122 Å². The van der Waals surface area contributed by atoms with Gasteiger partial charge in [0.15, 0.2) is 24.5 Å². The van der Waals surface area contributed by atoms with Crippen LogP contribution in [-0.4, -0.2) is 25.9 Å². The molecule has 2 aromatic heterocycles. The molecular weight excluding hydrogens is 922 g/mol. The van der Waals surface area contributed by atoms with E-state index in [1.165, 1.54) is 12.1 Å². The summed E-state index contributed by atoms with van der Waals surface area (Å²) < 4.78 is 77.9. The zero-order chi connectivity index (χ0) is 37.7. The van der Waals surface area contributed by atoms with Gasteiger partial charge in [0.05, 0.1) is 20.9 Å². The average Bonchev–Trinajstić information content (AvgIpc) is 3.19. The minimum atomic E-state index is -4.71. The third-order valence-electron chi connectivity index (χ3n) is 9.93. The third kappa shape index (κ3) is 11.8. The second kappa shape index (κ2) is 22.3. The van der Waals surface area contributed by atoms with Crippen molar-refractivity contribution in [3.63, 3.8) is 0 Å². The van der Waals surface area contributed by atoms with E-state index in [4.69, 9.17) is 0 Å². The monoisotopic (exact) mass is 958 g/mol. The second-order valence-corrected chi connectivity index (χ2v) is 16.0. The van der Waals surface area contributed by atoms with Crippen molar-refractivity contribution in [2.75, 3.05) is 0 Å². The van der Waals surface area contributed by atoms with Crippen LogP contribution in [0.25, 0.3) is 23.3 Å². The number of hydrogen-bond acceptors (Lipinski definition) is 6. The average molecular weight is 961 g/mol. The van der Waals surface area contributed by atoms with Crippen molar-refractivity contribution in [3.8, 4) is 0 Å². The minimum absolute atomic E-state index is 0. The van der Waals surface area contributed by atoms with Crippen LogP contribution in [0.3, 0.4) is 0 Å². The molecule has 0 bridgehead atoms. The Kier molecular flexibility index (Phi) is 19.2. The van der Waals surface area contributed by atoms with E-state index in [0.29, 0.717) is 11.1 Å². The van der Waals surface area contributed by atoms with Gasteiger partial charge in [-0.1, -0.05) is 97.1 Å². The van der Waals surface area contributed by atoms with Crippen LogP contribution in [0.4, 0.5) is 0 Å². The van der Waals surface area contributed by atoms with E-state index in [2.05, 4.69) is 21.5 Å². The molecule has 4 aromatic carbocycles. The van der Waals surface area contributed by atoms with Crippen molar-refractivity contribution < 1.29 is 128 Å². The summed E-state index contributed by atoms with van der Waals surface area (Å²) in [6.07, 6.45) is 11.1. The molecule has 6 aromatic rings. The fourth-order valence-electron chi connectivity index (χ4n) is 7.43. The summed E-state index contributed by atoms with van der Waals surface area (Å²) in [6.45, 7) is 0. The standard InChI is InChI=1S/C44H38N2O6S2.2BrH.2Na/c47-53(48,49)43-23-9-7-19-35(43)31-39(33-15-3-1-4-16-33)41-21-11-13-29-45(41)37-25-27-38(28-26-37)46-30-14-12-22-42(46)40(34-17-5-2-6-18-34)32-36-20-8-10-24-44(36)54(50,51)52;;;;/h1-24,29-32,37-38H,25-28H2;2*1H;;/q;;;2*+1/p-2/b39-31+,40-32+;;;;.